The molecule has 2 fully saturated rings. The van der Waals surface area contributed by atoms with E-state index >= 15 is 0 Å². The second-order valence-corrected chi connectivity index (χ2v) is 6.92. The molecular weight excluding hydrogens is 332 g/mol. The average Bonchev–Trinajstić information content (AvgIpc) is 2.89. The molecular formula is C16H19BrN2O2. The number of nitrogens with zero attached hydrogens (tertiary/aromatic N) is 1. The van der Waals surface area contributed by atoms with E-state index in [2.05, 4.69) is 21.2 Å². The van der Waals surface area contributed by atoms with Gasteiger partial charge < -0.3 is 10.2 Å². The summed E-state index contributed by atoms with van der Waals surface area (Å²) in [6, 6.07) is 3.94. The van der Waals surface area contributed by atoms with Crippen LogP contribution in [0.15, 0.2) is 16.6 Å². The van der Waals surface area contributed by atoms with Crippen molar-refractivity contribution >= 4 is 33.4 Å². The Morgan fingerprint density at radius 3 is 2.29 bits per heavy atom. The molecule has 4 nitrogen and oxygen atoms in total. The normalized spacial score (nSPS) is 21.0. The Hall–Kier alpha value is -1.36. The minimum Gasteiger partial charge on any atom is -0.340 e. The quantitative estimate of drug-likeness (QED) is 0.846. The first-order chi connectivity index (χ1) is 9.93. The van der Waals surface area contributed by atoms with Gasteiger partial charge in [0.05, 0.1) is 0 Å². The lowest BCUT2D eigenvalue weighted by Gasteiger charge is -2.40. The summed E-state index contributed by atoms with van der Waals surface area (Å²) in [5.74, 6) is -0.0181. The van der Waals surface area contributed by atoms with Gasteiger partial charge in [0.2, 0.25) is 5.91 Å². The first-order valence-electron chi connectivity index (χ1n) is 7.33. The van der Waals surface area contributed by atoms with Crippen LogP contribution in [0.4, 0.5) is 5.69 Å². The first kappa shape index (κ1) is 14.6. The van der Waals surface area contributed by atoms with Gasteiger partial charge in [-0.2, -0.15) is 0 Å². The lowest BCUT2D eigenvalue weighted by atomic mass is 9.92. The third kappa shape index (κ3) is 2.37. The van der Waals surface area contributed by atoms with Crippen LogP contribution in [-0.4, -0.2) is 23.9 Å². The zero-order chi connectivity index (χ0) is 15.2. The summed E-state index contributed by atoms with van der Waals surface area (Å²) in [4.78, 5) is 26.6. The molecule has 1 spiro atoms. The van der Waals surface area contributed by atoms with Crippen molar-refractivity contribution in [2.75, 3.05) is 11.4 Å². The van der Waals surface area contributed by atoms with Crippen molar-refractivity contribution in [1.29, 1.82) is 0 Å². The van der Waals surface area contributed by atoms with Crippen LogP contribution in [0, 0.1) is 13.8 Å². The molecule has 2 amide bonds. The van der Waals surface area contributed by atoms with Gasteiger partial charge in [0.1, 0.15) is 12.1 Å². The molecule has 5 heteroatoms. The molecule has 1 aliphatic heterocycles. The van der Waals surface area contributed by atoms with E-state index in [1.807, 2.05) is 26.0 Å². The highest BCUT2D eigenvalue weighted by molar-refractivity contribution is 9.10. The summed E-state index contributed by atoms with van der Waals surface area (Å²) in [5, 5.41) is 2.94. The number of benzene rings is 1. The maximum atomic E-state index is 12.9. The third-order valence-electron chi connectivity index (χ3n) is 4.52. The minimum absolute atomic E-state index is 0.0423. The van der Waals surface area contributed by atoms with Crippen molar-refractivity contribution in [3.63, 3.8) is 0 Å². The topological polar surface area (TPSA) is 49.4 Å². The van der Waals surface area contributed by atoms with E-state index in [-0.39, 0.29) is 18.4 Å². The van der Waals surface area contributed by atoms with Gasteiger partial charge >= 0.3 is 0 Å². The van der Waals surface area contributed by atoms with Crippen molar-refractivity contribution in [2.45, 2.75) is 45.1 Å². The Bertz CT molecular complexity index is 598. The SMILES string of the molecule is Cc1cc(N2CC(=O)NC3(CCCC3)C2=O)cc(C)c1Br. The Balaban J connectivity index is 2.01. The summed E-state index contributed by atoms with van der Waals surface area (Å²) in [6.45, 7) is 4.11. The second kappa shape index (κ2) is 5.13. The molecule has 1 N–H and O–H groups in total. The fraction of sp³-hybridized carbons (Fsp3) is 0.500. The summed E-state index contributed by atoms with van der Waals surface area (Å²) in [5.41, 5.74) is 2.30. The monoisotopic (exact) mass is 350 g/mol. The minimum atomic E-state index is -0.662. The largest absolute Gasteiger partial charge is 0.340 e. The number of halogens is 1. The molecule has 1 heterocycles. The van der Waals surface area contributed by atoms with Crippen LogP contribution >= 0.6 is 15.9 Å². The standard InChI is InChI=1S/C16H19BrN2O2/c1-10-7-12(8-11(2)14(10)17)19-9-13(20)18-16(15(19)21)5-3-4-6-16/h7-8H,3-6,9H2,1-2H3,(H,18,20). The molecule has 0 radical (unpaired) electrons. The van der Waals surface area contributed by atoms with E-state index in [0.29, 0.717) is 0 Å². The van der Waals surface area contributed by atoms with Gasteiger partial charge in [-0.3, -0.25) is 9.59 Å². The van der Waals surface area contributed by atoms with Crippen LogP contribution in [0.25, 0.3) is 0 Å². The number of hydrogen-bond donors (Lipinski definition) is 1. The summed E-state index contributed by atoms with van der Waals surface area (Å²) in [6.07, 6.45) is 3.50. The molecule has 1 saturated carbocycles. The number of anilines is 1. The number of hydrogen-bond acceptors (Lipinski definition) is 2. The number of nitrogens with one attached hydrogen (secondary N) is 1. The van der Waals surface area contributed by atoms with Crippen molar-refractivity contribution < 1.29 is 9.59 Å². The first-order valence-corrected chi connectivity index (χ1v) is 8.12. The molecule has 1 aromatic rings. The molecule has 0 bridgehead atoms. The van der Waals surface area contributed by atoms with Crippen LogP contribution in [0.3, 0.4) is 0 Å². The van der Waals surface area contributed by atoms with Crippen molar-refractivity contribution in [3.05, 3.63) is 27.7 Å². The molecule has 3 rings (SSSR count). The maximum Gasteiger partial charge on any atom is 0.253 e. The van der Waals surface area contributed by atoms with Crippen LogP contribution in [0.1, 0.15) is 36.8 Å². The van der Waals surface area contributed by atoms with Crippen molar-refractivity contribution in [1.82, 2.24) is 5.32 Å². The number of aryl methyl sites for hydroxylation is 2. The van der Waals surface area contributed by atoms with Crippen LogP contribution in [0.5, 0.6) is 0 Å². The molecule has 1 aliphatic carbocycles. The Kier molecular flexibility index (Phi) is 3.56. The van der Waals surface area contributed by atoms with Gasteiger partial charge in [-0.05, 0) is 49.9 Å². The van der Waals surface area contributed by atoms with Gasteiger partial charge in [0.15, 0.2) is 0 Å². The van der Waals surface area contributed by atoms with Crippen molar-refractivity contribution in [2.24, 2.45) is 0 Å². The lowest BCUT2D eigenvalue weighted by molar-refractivity contribution is -0.135. The highest BCUT2D eigenvalue weighted by Crippen LogP contribution is 2.36. The van der Waals surface area contributed by atoms with E-state index in [1.54, 1.807) is 4.90 Å². The summed E-state index contributed by atoms with van der Waals surface area (Å²) < 4.78 is 1.05. The van der Waals surface area contributed by atoms with Gasteiger partial charge in [-0.1, -0.05) is 28.8 Å². The average molecular weight is 351 g/mol. The predicted molar refractivity (Wildman–Crippen MR) is 85.3 cm³/mol. The second-order valence-electron chi connectivity index (χ2n) is 6.12. The highest BCUT2D eigenvalue weighted by Gasteiger charge is 2.48. The zero-order valence-electron chi connectivity index (χ0n) is 12.3. The highest BCUT2D eigenvalue weighted by atomic mass is 79.9. The van der Waals surface area contributed by atoms with Crippen LogP contribution in [-0.2, 0) is 9.59 Å². The Labute approximate surface area is 133 Å². The molecule has 1 aromatic carbocycles. The fourth-order valence-corrected chi connectivity index (χ4v) is 3.67. The van der Waals surface area contributed by atoms with E-state index in [9.17, 15) is 9.59 Å². The summed E-state index contributed by atoms with van der Waals surface area (Å²) >= 11 is 3.54. The number of amides is 2. The fourth-order valence-electron chi connectivity index (χ4n) is 3.44. The molecule has 1 saturated heterocycles. The predicted octanol–water partition coefficient (Wildman–Crippen LogP) is 2.84. The molecule has 112 valence electrons. The molecule has 0 aromatic heterocycles. The van der Waals surface area contributed by atoms with E-state index in [4.69, 9.17) is 0 Å². The van der Waals surface area contributed by atoms with Crippen LogP contribution < -0.4 is 10.2 Å². The number of piperazine rings is 1. The zero-order valence-corrected chi connectivity index (χ0v) is 13.9. The Morgan fingerprint density at radius 2 is 1.71 bits per heavy atom. The van der Waals surface area contributed by atoms with Crippen molar-refractivity contribution in [3.8, 4) is 0 Å². The maximum absolute atomic E-state index is 12.9. The number of carbonyl (C=O) groups is 2. The van der Waals surface area contributed by atoms with Gasteiger partial charge in [0, 0.05) is 10.2 Å². The Morgan fingerprint density at radius 1 is 1.14 bits per heavy atom. The van der Waals surface area contributed by atoms with Gasteiger partial charge in [0.25, 0.3) is 5.91 Å². The van der Waals surface area contributed by atoms with Gasteiger partial charge in [-0.15, -0.1) is 0 Å². The van der Waals surface area contributed by atoms with E-state index in [0.717, 1.165) is 47.0 Å². The molecule has 2 aliphatic rings. The molecule has 0 atom stereocenters. The van der Waals surface area contributed by atoms with E-state index < -0.39 is 5.54 Å². The summed E-state index contributed by atoms with van der Waals surface area (Å²) in [7, 11) is 0. The van der Waals surface area contributed by atoms with Crippen LogP contribution in [0.2, 0.25) is 0 Å². The number of carbonyl (C=O) groups excluding carboxylic acids is 2. The molecule has 0 unspecified atom stereocenters. The van der Waals surface area contributed by atoms with Gasteiger partial charge in [-0.25, -0.2) is 0 Å². The van der Waals surface area contributed by atoms with E-state index in [1.165, 1.54) is 0 Å². The number of rotatable bonds is 1. The lowest BCUT2D eigenvalue weighted by Crippen LogP contribution is -2.65. The third-order valence-corrected chi connectivity index (χ3v) is 5.78. The smallest absolute Gasteiger partial charge is 0.253 e. The molecule has 21 heavy (non-hydrogen) atoms.